The highest BCUT2D eigenvalue weighted by Crippen LogP contribution is 2.30. The Morgan fingerprint density at radius 2 is 1.87 bits per heavy atom. The van der Waals surface area contributed by atoms with E-state index in [0.29, 0.717) is 28.9 Å². The van der Waals surface area contributed by atoms with Gasteiger partial charge in [0.15, 0.2) is 5.11 Å². The Kier molecular flexibility index (Phi) is 8.54. The number of hydrogen-bond acceptors (Lipinski definition) is 3. The van der Waals surface area contributed by atoms with Crippen LogP contribution in [0.2, 0.25) is 5.02 Å². The zero-order valence-corrected chi connectivity index (χ0v) is 18.6. The summed E-state index contributed by atoms with van der Waals surface area (Å²) in [6, 6.07) is 12.5. The number of nitrogens with zero attached hydrogens (tertiary/aromatic N) is 2. The number of morpholine rings is 1. The molecule has 1 aliphatic rings. The molecule has 1 fully saturated rings. The van der Waals surface area contributed by atoms with Gasteiger partial charge >= 0.3 is 6.18 Å². The molecule has 0 amide bonds. The van der Waals surface area contributed by atoms with E-state index in [0.717, 1.165) is 57.0 Å². The molecule has 0 bridgehead atoms. The maximum Gasteiger partial charge on any atom is 0.416 e. The monoisotopic (exact) mass is 471 g/mol. The first-order chi connectivity index (χ1) is 14.8. The fourth-order valence-corrected chi connectivity index (χ4v) is 3.84. The molecule has 0 radical (unpaired) electrons. The van der Waals surface area contributed by atoms with Gasteiger partial charge < -0.3 is 15.0 Å². The molecule has 0 aliphatic carbocycles. The number of thiocarbonyl (C=S) groups is 1. The third kappa shape index (κ3) is 7.35. The SMILES string of the molecule is FC(F)(F)c1cccc(NC(=S)N(CCCN2CCOCC2)Cc2ccccc2Cl)c1. The molecule has 0 saturated carbocycles. The molecular weight excluding hydrogens is 447 g/mol. The van der Waals surface area contributed by atoms with Crippen molar-refractivity contribution in [2.75, 3.05) is 44.7 Å². The Bertz CT molecular complexity index is 875. The van der Waals surface area contributed by atoms with Gasteiger partial charge in [0.05, 0.1) is 18.8 Å². The summed E-state index contributed by atoms with van der Waals surface area (Å²) in [5.74, 6) is 0. The molecule has 31 heavy (non-hydrogen) atoms. The minimum atomic E-state index is -4.41. The number of rotatable bonds is 7. The molecule has 0 unspecified atom stereocenters. The highest BCUT2D eigenvalue weighted by Gasteiger charge is 2.30. The first-order valence-corrected chi connectivity index (χ1v) is 10.9. The lowest BCUT2D eigenvalue weighted by Crippen LogP contribution is -2.40. The van der Waals surface area contributed by atoms with E-state index in [-0.39, 0.29) is 0 Å². The molecule has 1 saturated heterocycles. The van der Waals surface area contributed by atoms with Gasteiger partial charge in [-0.05, 0) is 48.5 Å². The first-order valence-electron chi connectivity index (χ1n) is 10.1. The summed E-state index contributed by atoms with van der Waals surface area (Å²) in [6.45, 7) is 5.28. The summed E-state index contributed by atoms with van der Waals surface area (Å²) >= 11 is 11.9. The molecule has 1 aliphatic heterocycles. The van der Waals surface area contributed by atoms with Crippen LogP contribution < -0.4 is 5.32 Å². The van der Waals surface area contributed by atoms with Gasteiger partial charge in [-0.2, -0.15) is 13.2 Å². The molecule has 9 heteroatoms. The number of halogens is 4. The molecule has 2 aromatic rings. The third-order valence-corrected chi connectivity index (χ3v) is 5.78. The van der Waals surface area contributed by atoms with Gasteiger partial charge in [0.2, 0.25) is 0 Å². The minimum absolute atomic E-state index is 0.303. The third-order valence-electron chi connectivity index (χ3n) is 5.05. The van der Waals surface area contributed by atoms with Gasteiger partial charge in [-0.1, -0.05) is 35.9 Å². The molecule has 2 aromatic carbocycles. The normalized spacial score (nSPS) is 15.0. The van der Waals surface area contributed by atoms with Crippen molar-refractivity contribution in [1.82, 2.24) is 9.80 Å². The van der Waals surface area contributed by atoms with Crippen LogP contribution in [0.5, 0.6) is 0 Å². The second-order valence-electron chi connectivity index (χ2n) is 7.33. The van der Waals surface area contributed by atoms with E-state index in [2.05, 4.69) is 10.2 Å². The lowest BCUT2D eigenvalue weighted by atomic mass is 10.2. The number of alkyl halides is 3. The predicted molar refractivity (Wildman–Crippen MR) is 121 cm³/mol. The molecule has 4 nitrogen and oxygen atoms in total. The molecule has 1 heterocycles. The number of nitrogens with one attached hydrogen (secondary N) is 1. The standard InChI is InChI=1S/C22H25ClF3N3OS/c23-20-8-2-1-5-17(20)16-29(10-4-9-28-11-13-30-14-12-28)21(31)27-19-7-3-6-18(15-19)22(24,25)26/h1-3,5-8,15H,4,9-14,16H2,(H,27,31). The van der Waals surface area contributed by atoms with Crippen molar-refractivity contribution in [3.05, 3.63) is 64.7 Å². The zero-order valence-electron chi connectivity index (χ0n) is 17.0. The summed E-state index contributed by atoms with van der Waals surface area (Å²) in [7, 11) is 0. The summed E-state index contributed by atoms with van der Waals surface area (Å²) < 4.78 is 44.5. The molecule has 1 N–H and O–H groups in total. The lowest BCUT2D eigenvalue weighted by molar-refractivity contribution is -0.137. The average Bonchev–Trinajstić information content (AvgIpc) is 2.75. The molecule has 0 aromatic heterocycles. The van der Waals surface area contributed by atoms with Crippen LogP contribution in [-0.4, -0.2) is 54.3 Å². The highest BCUT2D eigenvalue weighted by atomic mass is 35.5. The van der Waals surface area contributed by atoms with Crippen LogP contribution in [0.3, 0.4) is 0 Å². The summed E-state index contributed by atoms with van der Waals surface area (Å²) in [4.78, 5) is 4.28. The quantitative estimate of drug-likeness (QED) is 0.554. The van der Waals surface area contributed by atoms with Crippen LogP contribution >= 0.6 is 23.8 Å². The number of anilines is 1. The van der Waals surface area contributed by atoms with Gasteiger partial charge in [0, 0.05) is 43.4 Å². The van der Waals surface area contributed by atoms with Crippen molar-refractivity contribution < 1.29 is 17.9 Å². The van der Waals surface area contributed by atoms with E-state index in [1.165, 1.54) is 6.07 Å². The Morgan fingerprint density at radius 3 is 2.58 bits per heavy atom. The zero-order chi connectivity index (χ0) is 22.3. The second-order valence-corrected chi connectivity index (χ2v) is 8.12. The number of benzene rings is 2. The van der Waals surface area contributed by atoms with Gasteiger partial charge in [-0.3, -0.25) is 4.90 Å². The van der Waals surface area contributed by atoms with E-state index in [1.54, 1.807) is 6.07 Å². The molecule has 0 spiro atoms. The fourth-order valence-electron chi connectivity index (χ4n) is 3.37. The maximum absolute atomic E-state index is 13.0. The Morgan fingerprint density at radius 1 is 1.13 bits per heavy atom. The Balaban J connectivity index is 1.68. The smallest absolute Gasteiger partial charge is 0.379 e. The van der Waals surface area contributed by atoms with Crippen LogP contribution in [0.1, 0.15) is 17.5 Å². The Labute approximate surface area is 190 Å². The van der Waals surface area contributed by atoms with E-state index < -0.39 is 11.7 Å². The maximum atomic E-state index is 13.0. The average molecular weight is 472 g/mol. The van der Waals surface area contributed by atoms with E-state index in [4.69, 9.17) is 28.6 Å². The van der Waals surface area contributed by atoms with E-state index in [1.807, 2.05) is 29.2 Å². The van der Waals surface area contributed by atoms with Crippen molar-refractivity contribution in [2.24, 2.45) is 0 Å². The summed E-state index contributed by atoms with van der Waals surface area (Å²) in [6.07, 6.45) is -3.55. The highest BCUT2D eigenvalue weighted by molar-refractivity contribution is 7.80. The minimum Gasteiger partial charge on any atom is -0.379 e. The second kappa shape index (κ2) is 11.1. The van der Waals surface area contributed by atoms with Gasteiger partial charge in [-0.15, -0.1) is 0 Å². The van der Waals surface area contributed by atoms with Crippen molar-refractivity contribution in [2.45, 2.75) is 19.1 Å². The van der Waals surface area contributed by atoms with Crippen molar-refractivity contribution in [3.63, 3.8) is 0 Å². The predicted octanol–water partition coefficient (Wildman–Crippen LogP) is 5.28. The fraction of sp³-hybridized carbons (Fsp3) is 0.409. The van der Waals surface area contributed by atoms with Crippen LogP contribution in [0.4, 0.5) is 18.9 Å². The Hall–Kier alpha value is -1.87. The van der Waals surface area contributed by atoms with Crippen molar-refractivity contribution in [3.8, 4) is 0 Å². The van der Waals surface area contributed by atoms with Crippen LogP contribution in [0.15, 0.2) is 48.5 Å². The van der Waals surface area contributed by atoms with E-state index >= 15 is 0 Å². The van der Waals surface area contributed by atoms with Crippen molar-refractivity contribution >= 4 is 34.6 Å². The topological polar surface area (TPSA) is 27.7 Å². The lowest BCUT2D eigenvalue weighted by Gasteiger charge is -2.30. The molecule has 3 rings (SSSR count). The molecular formula is C22H25ClF3N3OS. The first kappa shape index (κ1) is 23.8. The number of ether oxygens (including phenoxy) is 1. The molecule has 0 atom stereocenters. The molecule has 168 valence electrons. The van der Waals surface area contributed by atoms with Crippen LogP contribution in [0, 0.1) is 0 Å². The largest absolute Gasteiger partial charge is 0.416 e. The van der Waals surface area contributed by atoms with E-state index in [9.17, 15) is 13.2 Å². The van der Waals surface area contributed by atoms with Crippen molar-refractivity contribution in [1.29, 1.82) is 0 Å². The summed E-state index contributed by atoms with van der Waals surface area (Å²) in [5, 5.41) is 3.95. The summed E-state index contributed by atoms with van der Waals surface area (Å²) in [5.41, 5.74) is 0.492. The van der Waals surface area contributed by atoms with Crippen LogP contribution in [0.25, 0.3) is 0 Å². The van der Waals surface area contributed by atoms with Gasteiger partial charge in [-0.25, -0.2) is 0 Å². The number of hydrogen-bond donors (Lipinski definition) is 1. The van der Waals surface area contributed by atoms with Gasteiger partial charge in [0.25, 0.3) is 0 Å². The van der Waals surface area contributed by atoms with Crippen LogP contribution in [-0.2, 0) is 17.5 Å². The van der Waals surface area contributed by atoms with Gasteiger partial charge in [0.1, 0.15) is 0 Å².